The van der Waals surface area contributed by atoms with Gasteiger partial charge in [0.25, 0.3) is 0 Å². The highest BCUT2D eigenvalue weighted by Gasteiger charge is 2.28. The van der Waals surface area contributed by atoms with Crippen molar-refractivity contribution < 1.29 is 14.3 Å². The third-order valence-electron chi connectivity index (χ3n) is 6.73. The Morgan fingerprint density at radius 1 is 1.17 bits per heavy atom. The molecule has 1 heterocycles. The fourth-order valence-electron chi connectivity index (χ4n) is 4.76. The lowest BCUT2D eigenvalue weighted by Crippen LogP contribution is -2.41. The highest BCUT2D eigenvalue weighted by molar-refractivity contribution is 5.76. The number of nitrogens with zero attached hydrogens (tertiary/aromatic N) is 3. The van der Waals surface area contributed by atoms with Crippen LogP contribution in [0.3, 0.4) is 0 Å². The summed E-state index contributed by atoms with van der Waals surface area (Å²) in [6.07, 6.45) is 6.52. The maximum absolute atomic E-state index is 11.9. The highest BCUT2D eigenvalue weighted by atomic mass is 16.5. The van der Waals surface area contributed by atoms with Gasteiger partial charge in [0.1, 0.15) is 11.9 Å². The van der Waals surface area contributed by atoms with E-state index in [1.165, 1.54) is 7.11 Å². The molecule has 1 atom stereocenters. The first-order valence-electron chi connectivity index (χ1n) is 12.5. The van der Waals surface area contributed by atoms with Crippen LogP contribution in [0.15, 0.2) is 36.5 Å². The van der Waals surface area contributed by atoms with Crippen molar-refractivity contribution >= 4 is 23.2 Å². The van der Waals surface area contributed by atoms with Crippen molar-refractivity contribution in [2.75, 3.05) is 31.0 Å². The summed E-state index contributed by atoms with van der Waals surface area (Å²) in [4.78, 5) is 18.9. The van der Waals surface area contributed by atoms with Crippen LogP contribution < -0.4 is 10.2 Å². The Labute approximate surface area is 209 Å². The lowest BCUT2D eigenvalue weighted by atomic mass is 9.90. The van der Waals surface area contributed by atoms with Crippen LogP contribution in [0.1, 0.15) is 69.9 Å². The van der Waals surface area contributed by atoms with Crippen molar-refractivity contribution in [3.05, 3.63) is 47.7 Å². The van der Waals surface area contributed by atoms with Gasteiger partial charge < -0.3 is 19.7 Å². The minimum Gasteiger partial charge on any atom is -0.469 e. The lowest BCUT2D eigenvalue weighted by molar-refractivity contribution is -0.140. The molecule has 0 saturated heterocycles. The van der Waals surface area contributed by atoms with Gasteiger partial charge in [0.15, 0.2) is 0 Å². The van der Waals surface area contributed by atoms with Crippen LogP contribution in [-0.2, 0) is 14.3 Å². The molecule has 1 aromatic heterocycles. The van der Waals surface area contributed by atoms with Gasteiger partial charge in [-0.3, -0.25) is 4.79 Å². The predicted molar refractivity (Wildman–Crippen MR) is 139 cm³/mol. The van der Waals surface area contributed by atoms with Gasteiger partial charge >= 0.3 is 5.97 Å². The molecule has 35 heavy (non-hydrogen) atoms. The number of hydrogen-bond donors (Lipinski definition) is 1. The Balaban J connectivity index is 1.98. The van der Waals surface area contributed by atoms with E-state index in [0.29, 0.717) is 35.9 Å². The van der Waals surface area contributed by atoms with Gasteiger partial charge in [-0.15, -0.1) is 0 Å². The van der Waals surface area contributed by atoms with E-state index < -0.39 is 0 Å². The Bertz CT molecular complexity index is 1010. The molecule has 7 nitrogen and oxygen atoms in total. The normalized spacial score (nSPS) is 18.5. The maximum Gasteiger partial charge on any atom is 0.306 e. The summed E-state index contributed by atoms with van der Waals surface area (Å²) < 4.78 is 10.5. The summed E-state index contributed by atoms with van der Waals surface area (Å²) in [5.74, 6) is 0.965. The molecule has 1 aromatic carbocycles. The van der Waals surface area contributed by atoms with Crippen molar-refractivity contribution in [1.29, 1.82) is 5.26 Å². The molecule has 1 fully saturated rings. The summed E-state index contributed by atoms with van der Waals surface area (Å²) in [6, 6.07) is 12.5. The molecular weight excluding hydrogens is 440 g/mol. The standard InChI is InChI=1S/C28H38N4O3/c1-19(2)18-32(23-8-10-24(34-4)11-9-23)26-12-7-22(20(3)14-28(33)35-5)15-25(26)31-27-13-6-21(16-29)17-30-27/h6-7,12-13,15,17,19-20,23-24H,8-11,14,18H2,1-5H3,(H,30,31)/t20-,23?,24?/m1/s1. The quantitative estimate of drug-likeness (QED) is 0.433. The second kappa shape index (κ2) is 12.6. The van der Waals surface area contributed by atoms with Gasteiger partial charge in [0.2, 0.25) is 0 Å². The number of anilines is 3. The Hall–Kier alpha value is -3.11. The van der Waals surface area contributed by atoms with Crippen LogP contribution in [0.2, 0.25) is 0 Å². The number of ether oxygens (including phenoxy) is 2. The average Bonchev–Trinajstić information content (AvgIpc) is 2.87. The summed E-state index contributed by atoms with van der Waals surface area (Å²) in [7, 11) is 3.22. The van der Waals surface area contributed by atoms with E-state index in [-0.39, 0.29) is 11.9 Å². The van der Waals surface area contributed by atoms with E-state index >= 15 is 0 Å². The highest BCUT2D eigenvalue weighted by Crippen LogP contribution is 2.37. The zero-order chi connectivity index (χ0) is 25.4. The number of nitrogens with one attached hydrogen (secondary N) is 1. The molecule has 1 saturated carbocycles. The van der Waals surface area contributed by atoms with Crippen LogP contribution in [0.4, 0.5) is 17.2 Å². The van der Waals surface area contributed by atoms with Crippen LogP contribution in [0, 0.1) is 17.2 Å². The Morgan fingerprint density at radius 2 is 1.91 bits per heavy atom. The molecule has 188 valence electrons. The van der Waals surface area contributed by atoms with Crippen LogP contribution in [-0.4, -0.2) is 43.9 Å². The smallest absolute Gasteiger partial charge is 0.306 e. The van der Waals surface area contributed by atoms with E-state index in [1.54, 1.807) is 19.4 Å². The number of carbonyl (C=O) groups is 1. The first-order valence-corrected chi connectivity index (χ1v) is 12.5. The first kappa shape index (κ1) is 26.5. The van der Waals surface area contributed by atoms with Gasteiger partial charge in [-0.1, -0.05) is 26.8 Å². The van der Waals surface area contributed by atoms with E-state index in [4.69, 9.17) is 14.7 Å². The van der Waals surface area contributed by atoms with Crippen LogP contribution in [0.5, 0.6) is 0 Å². The first-order chi connectivity index (χ1) is 16.8. The zero-order valence-corrected chi connectivity index (χ0v) is 21.6. The fraction of sp³-hybridized carbons (Fsp3) is 0.536. The molecule has 0 unspecified atom stereocenters. The molecule has 0 bridgehead atoms. The van der Waals surface area contributed by atoms with E-state index in [1.807, 2.05) is 13.0 Å². The minimum absolute atomic E-state index is 0.0154. The zero-order valence-electron chi connectivity index (χ0n) is 21.6. The van der Waals surface area contributed by atoms with Gasteiger partial charge in [0.05, 0.1) is 36.6 Å². The van der Waals surface area contributed by atoms with Crippen molar-refractivity contribution in [2.24, 2.45) is 5.92 Å². The van der Waals surface area contributed by atoms with Gasteiger partial charge in [-0.05, 0) is 67.3 Å². The number of esters is 1. The number of benzene rings is 1. The number of nitriles is 1. The molecule has 7 heteroatoms. The van der Waals surface area contributed by atoms with Crippen LogP contribution >= 0.6 is 0 Å². The molecule has 0 aliphatic heterocycles. The minimum atomic E-state index is -0.221. The van der Waals surface area contributed by atoms with Gasteiger partial charge in [-0.25, -0.2) is 4.98 Å². The maximum atomic E-state index is 11.9. The number of aromatic nitrogens is 1. The molecule has 1 aliphatic rings. The number of rotatable bonds is 10. The lowest BCUT2D eigenvalue weighted by Gasteiger charge is -2.40. The topological polar surface area (TPSA) is 87.5 Å². The van der Waals surface area contributed by atoms with E-state index in [2.05, 4.69) is 53.3 Å². The van der Waals surface area contributed by atoms with Crippen molar-refractivity contribution in [2.45, 2.75) is 70.9 Å². The number of pyridine rings is 1. The second-order valence-corrected chi connectivity index (χ2v) is 9.84. The SMILES string of the molecule is COC(=O)C[C@@H](C)c1ccc(N(CC(C)C)C2CCC(OC)CC2)c(Nc2ccc(C#N)cn2)c1. The Kier molecular flexibility index (Phi) is 9.50. The average molecular weight is 479 g/mol. The summed E-state index contributed by atoms with van der Waals surface area (Å²) >= 11 is 0. The van der Waals surface area contributed by atoms with Crippen molar-refractivity contribution in [3.63, 3.8) is 0 Å². The molecule has 0 radical (unpaired) electrons. The largest absolute Gasteiger partial charge is 0.469 e. The molecule has 2 aromatic rings. The summed E-state index contributed by atoms with van der Waals surface area (Å²) in [5, 5.41) is 12.6. The molecule has 1 N–H and O–H groups in total. The van der Waals surface area contributed by atoms with Crippen molar-refractivity contribution in [1.82, 2.24) is 4.98 Å². The van der Waals surface area contributed by atoms with Gasteiger partial charge in [-0.2, -0.15) is 5.26 Å². The monoisotopic (exact) mass is 478 g/mol. The molecule has 1 aliphatic carbocycles. The third-order valence-corrected chi connectivity index (χ3v) is 6.73. The molecule has 3 rings (SSSR count). The van der Waals surface area contributed by atoms with Crippen LogP contribution in [0.25, 0.3) is 0 Å². The van der Waals surface area contributed by atoms with Gasteiger partial charge in [0, 0.05) is 25.9 Å². The van der Waals surface area contributed by atoms with Crippen molar-refractivity contribution in [3.8, 4) is 6.07 Å². The molecule has 0 amide bonds. The predicted octanol–water partition coefficient (Wildman–Crippen LogP) is 5.78. The fourth-order valence-corrected chi connectivity index (χ4v) is 4.76. The number of methoxy groups -OCH3 is 2. The van der Waals surface area contributed by atoms with E-state index in [9.17, 15) is 4.79 Å². The molecular formula is C28H38N4O3. The Morgan fingerprint density at radius 3 is 2.49 bits per heavy atom. The second-order valence-electron chi connectivity index (χ2n) is 9.84. The number of carbonyl (C=O) groups excluding carboxylic acids is 1. The summed E-state index contributed by atoms with van der Waals surface area (Å²) in [6.45, 7) is 7.47. The summed E-state index contributed by atoms with van der Waals surface area (Å²) in [5.41, 5.74) is 3.65. The molecule has 0 spiro atoms. The van der Waals surface area contributed by atoms with E-state index in [0.717, 1.165) is 49.2 Å². The third kappa shape index (κ3) is 7.19. The number of hydrogen-bond acceptors (Lipinski definition) is 7.